The van der Waals surface area contributed by atoms with Crippen LogP contribution in [0.2, 0.25) is 0 Å². The van der Waals surface area contributed by atoms with E-state index in [0.717, 1.165) is 17.2 Å². The third kappa shape index (κ3) is 2.40. The first-order valence-corrected chi connectivity index (χ1v) is 6.58. The number of carbonyl (C=O) groups excluding carboxylic acids is 1. The van der Waals surface area contributed by atoms with E-state index in [9.17, 15) is 18.7 Å². The van der Waals surface area contributed by atoms with E-state index < -0.39 is 29.7 Å². The smallest absolute Gasteiger partial charge is 0.254 e. The fraction of sp³-hybridized carbons (Fsp3) is 0.188. The van der Waals surface area contributed by atoms with Gasteiger partial charge in [0.25, 0.3) is 5.91 Å². The minimum atomic E-state index is -1.18. The molecule has 21 heavy (non-hydrogen) atoms. The van der Waals surface area contributed by atoms with E-state index in [4.69, 9.17) is 0 Å². The maximum absolute atomic E-state index is 13.6. The number of rotatable bonds is 2. The molecule has 2 aromatic carbocycles. The second kappa shape index (κ2) is 5.26. The first-order chi connectivity index (χ1) is 10.1. The van der Waals surface area contributed by atoms with Gasteiger partial charge in [0.2, 0.25) is 0 Å². The molecule has 1 aliphatic rings. The van der Waals surface area contributed by atoms with Crippen LogP contribution in [0.1, 0.15) is 27.5 Å². The molecule has 0 saturated heterocycles. The summed E-state index contributed by atoms with van der Waals surface area (Å²) in [5.41, 5.74) is 1.37. The van der Waals surface area contributed by atoms with Gasteiger partial charge >= 0.3 is 0 Å². The van der Waals surface area contributed by atoms with E-state index in [0.29, 0.717) is 6.42 Å². The Kier molecular flexibility index (Phi) is 3.43. The van der Waals surface area contributed by atoms with Crippen LogP contribution in [-0.2, 0) is 6.42 Å². The molecule has 2 atom stereocenters. The van der Waals surface area contributed by atoms with Crippen LogP contribution in [-0.4, -0.2) is 17.1 Å². The topological polar surface area (TPSA) is 49.3 Å². The average molecular weight is 289 g/mol. The van der Waals surface area contributed by atoms with Gasteiger partial charge in [0.05, 0.1) is 17.7 Å². The third-order valence-electron chi connectivity index (χ3n) is 3.69. The van der Waals surface area contributed by atoms with Crippen molar-refractivity contribution in [3.8, 4) is 0 Å². The number of fused-ring (bicyclic) bond motifs is 1. The molecular weight excluding hydrogens is 276 g/mol. The van der Waals surface area contributed by atoms with Crippen molar-refractivity contribution in [2.75, 3.05) is 0 Å². The van der Waals surface area contributed by atoms with Crippen molar-refractivity contribution in [1.82, 2.24) is 5.32 Å². The monoisotopic (exact) mass is 289 g/mol. The maximum atomic E-state index is 13.6. The fourth-order valence-electron chi connectivity index (χ4n) is 2.65. The number of nitrogens with one attached hydrogen (secondary N) is 1. The summed E-state index contributed by atoms with van der Waals surface area (Å²) in [6.07, 6.45) is -0.352. The molecule has 0 spiro atoms. The first-order valence-electron chi connectivity index (χ1n) is 6.58. The van der Waals surface area contributed by atoms with E-state index in [-0.39, 0.29) is 5.56 Å². The maximum Gasteiger partial charge on any atom is 0.254 e. The van der Waals surface area contributed by atoms with Gasteiger partial charge in [0, 0.05) is 6.42 Å². The molecule has 3 rings (SSSR count). The molecule has 2 aromatic rings. The van der Waals surface area contributed by atoms with Crippen LogP contribution in [0.5, 0.6) is 0 Å². The van der Waals surface area contributed by atoms with Gasteiger partial charge < -0.3 is 10.4 Å². The second-order valence-electron chi connectivity index (χ2n) is 5.02. The minimum absolute atomic E-state index is 0.369. The summed E-state index contributed by atoms with van der Waals surface area (Å²) in [6.45, 7) is 0. The predicted octanol–water partition coefficient (Wildman–Crippen LogP) is 2.35. The summed E-state index contributed by atoms with van der Waals surface area (Å²) in [4.78, 5) is 12.1. The van der Waals surface area contributed by atoms with Crippen molar-refractivity contribution in [3.63, 3.8) is 0 Å². The van der Waals surface area contributed by atoms with Gasteiger partial charge in [0.1, 0.15) is 0 Å². The molecule has 0 fully saturated rings. The Morgan fingerprint density at radius 2 is 1.90 bits per heavy atom. The van der Waals surface area contributed by atoms with Crippen LogP contribution in [0.4, 0.5) is 8.78 Å². The Morgan fingerprint density at radius 1 is 1.14 bits per heavy atom. The van der Waals surface area contributed by atoms with Gasteiger partial charge in [-0.1, -0.05) is 30.3 Å². The SMILES string of the molecule is O=C(NC1c2ccccc2CC1O)c1cccc(F)c1F. The summed E-state index contributed by atoms with van der Waals surface area (Å²) in [5.74, 6) is -3.00. The lowest BCUT2D eigenvalue weighted by atomic mass is 10.1. The first kappa shape index (κ1) is 13.7. The molecule has 5 heteroatoms. The van der Waals surface area contributed by atoms with E-state index >= 15 is 0 Å². The van der Waals surface area contributed by atoms with E-state index in [1.165, 1.54) is 12.1 Å². The lowest BCUT2D eigenvalue weighted by molar-refractivity contribution is 0.0853. The number of hydrogen-bond acceptors (Lipinski definition) is 2. The number of aliphatic hydroxyl groups excluding tert-OH is 1. The minimum Gasteiger partial charge on any atom is -0.390 e. The molecular formula is C16H13F2NO2. The molecule has 0 saturated carbocycles. The van der Waals surface area contributed by atoms with Gasteiger partial charge in [-0.3, -0.25) is 4.79 Å². The number of benzene rings is 2. The lowest BCUT2D eigenvalue weighted by Crippen LogP contribution is -2.34. The zero-order chi connectivity index (χ0) is 15.0. The van der Waals surface area contributed by atoms with Gasteiger partial charge in [-0.2, -0.15) is 0 Å². The van der Waals surface area contributed by atoms with Crippen molar-refractivity contribution in [2.24, 2.45) is 0 Å². The van der Waals surface area contributed by atoms with Crippen LogP contribution in [0.25, 0.3) is 0 Å². The van der Waals surface area contributed by atoms with E-state index in [1.54, 1.807) is 12.1 Å². The highest BCUT2D eigenvalue weighted by Crippen LogP contribution is 2.31. The molecule has 0 aliphatic heterocycles. The molecule has 0 bridgehead atoms. The summed E-state index contributed by atoms with van der Waals surface area (Å²) in [7, 11) is 0. The number of aliphatic hydroxyl groups is 1. The number of hydrogen-bond donors (Lipinski definition) is 2. The van der Waals surface area contributed by atoms with Gasteiger partial charge in [-0.15, -0.1) is 0 Å². The molecule has 108 valence electrons. The Morgan fingerprint density at radius 3 is 2.71 bits per heavy atom. The Bertz CT molecular complexity index is 702. The fourth-order valence-corrected chi connectivity index (χ4v) is 2.65. The summed E-state index contributed by atoms with van der Waals surface area (Å²) in [5, 5.41) is 12.6. The Balaban J connectivity index is 1.87. The van der Waals surface area contributed by atoms with Gasteiger partial charge in [0.15, 0.2) is 11.6 Å². The number of amides is 1. The van der Waals surface area contributed by atoms with Crippen molar-refractivity contribution in [2.45, 2.75) is 18.6 Å². The largest absolute Gasteiger partial charge is 0.390 e. The highest BCUT2D eigenvalue weighted by molar-refractivity contribution is 5.94. The molecule has 0 heterocycles. The van der Waals surface area contributed by atoms with Crippen molar-refractivity contribution in [3.05, 3.63) is 70.8 Å². The van der Waals surface area contributed by atoms with Crippen molar-refractivity contribution in [1.29, 1.82) is 0 Å². The van der Waals surface area contributed by atoms with Crippen LogP contribution in [0.15, 0.2) is 42.5 Å². The summed E-state index contributed by atoms with van der Waals surface area (Å²) in [6, 6.07) is 10.1. The van der Waals surface area contributed by atoms with Crippen LogP contribution in [0.3, 0.4) is 0 Å². The Labute approximate surface area is 120 Å². The van der Waals surface area contributed by atoms with E-state index in [2.05, 4.69) is 5.32 Å². The van der Waals surface area contributed by atoms with Crippen molar-refractivity contribution < 1.29 is 18.7 Å². The highest BCUT2D eigenvalue weighted by Gasteiger charge is 2.32. The second-order valence-corrected chi connectivity index (χ2v) is 5.02. The highest BCUT2D eigenvalue weighted by atomic mass is 19.2. The van der Waals surface area contributed by atoms with E-state index in [1.807, 2.05) is 12.1 Å². The molecule has 1 amide bonds. The molecule has 0 aromatic heterocycles. The molecule has 3 nitrogen and oxygen atoms in total. The lowest BCUT2D eigenvalue weighted by Gasteiger charge is -2.18. The Hall–Kier alpha value is -2.27. The van der Waals surface area contributed by atoms with Crippen LogP contribution in [0, 0.1) is 11.6 Å². The molecule has 2 N–H and O–H groups in total. The van der Waals surface area contributed by atoms with Crippen LogP contribution < -0.4 is 5.32 Å². The van der Waals surface area contributed by atoms with Gasteiger partial charge in [-0.25, -0.2) is 8.78 Å². The normalized spacial score (nSPS) is 20.1. The summed E-state index contributed by atoms with van der Waals surface area (Å²) >= 11 is 0. The number of halogens is 2. The summed E-state index contributed by atoms with van der Waals surface area (Å²) < 4.78 is 26.8. The zero-order valence-electron chi connectivity index (χ0n) is 11.0. The quantitative estimate of drug-likeness (QED) is 0.891. The molecule has 2 unspecified atom stereocenters. The predicted molar refractivity (Wildman–Crippen MR) is 72.7 cm³/mol. The zero-order valence-corrected chi connectivity index (χ0v) is 11.0. The number of carbonyl (C=O) groups is 1. The standard InChI is InChI=1S/C16H13F2NO2/c17-12-7-3-6-11(14(12)18)16(21)19-15-10-5-2-1-4-9(10)8-13(15)20/h1-7,13,15,20H,8H2,(H,19,21). The molecule has 0 radical (unpaired) electrons. The molecule has 1 aliphatic carbocycles. The van der Waals surface area contributed by atoms with Gasteiger partial charge in [-0.05, 0) is 23.3 Å². The van der Waals surface area contributed by atoms with Crippen molar-refractivity contribution >= 4 is 5.91 Å². The van der Waals surface area contributed by atoms with Crippen LogP contribution >= 0.6 is 0 Å². The average Bonchev–Trinajstić information content (AvgIpc) is 2.78. The third-order valence-corrected chi connectivity index (χ3v) is 3.69.